The van der Waals surface area contributed by atoms with E-state index in [1.165, 1.54) is 22.9 Å². The molecule has 0 radical (unpaired) electrons. The number of nitrogens with zero attached hydrogens (tertiary/aromatic N) is 4. The second-order valence-corrected chi connectivity index (χ2v) is 7.74. The molecule has 3 aromatic rings. The molecule has 1 aliphatic heterocycles. The van der Waals surface area contributed by atoms with Gasteiger partial charge >= 0.3 is 0 Å². The van der Waals surface area contributed by atoms with E-state index in [1.54, 1.807) is 18.2 Å². The van der Waals surface area contributed by atoms with Crippen LogP contribution in [0.4, 0.5) is 10.1 Å². The number of piperazine rings is 1. The quantitative estimate of drug-likeness (QED) is 0.637. The Balaban J connectivity index is 1.35. The number of halogens is 1. The summed E-state index contributed by atoms with van der Waals surface area (Å²) in [6.07, 6.45) is 0.223. The first kappa shape index (κ1) is 20.8. The van der Waals surface area contributed by atoms with Gasteiger partial charge in [-0.1, -0.05) is 29.8 Å². The Morgan fingerprint density at radius 3 is 2.29 bits per heavy atom. The Morgan fingerprint density at radius 1 is 0.935 bits per heavy atom. The standard InChI is InChI=1S/C24H25FN4O2/c1-18-2-4-19(5-3-18)22-10-11-24(31)29(26-22)13-12-23(30)28-16-14-27(15-17-28)21-8-6-20(25)7-9-21/h2-11H,12-17H2,1H3. The summed E-state index contributed by atoms with van der Waals surface area (Å²) in [5, 5.41) is 4.44. The fraction of sp³-hybridized carbons (Fsp3) is 0.292. The molecule has 0 aliphatic carbocycles. The van der Waals surface area contributed by atoms with Crippen molar-refractivity contribution in [3.63, 3.8) is 0 Å². The molecule has 160 valence electrons. The zero-order chi connectivity index (χ0) is 21.8. The summed E-state index contributed by atoms with van der Waals surface area (Å²) < 4.78 is 14.5. The molecule has 0 spiro atoms. The van der Waals surface area contributed by atoms with Crippen LogP contribution in [-0.4, -0.2) is 46.8 Å². The molecule has 2 aromatic carbocycles. The monoisotopic (exact) mass is 420 g/mol. The van der Waals surface area contributed by atoms with E-state index in [0.29, 0.717) is 31.9 Å². The van der Waals surface area contributed by atoms with E-state index in [0.717, 1.165) is 16.8 Å². The number of hydrogen-bond donors (Lipinski definition) is 0. The number of amides is 1. The highest BCUT2D eigenvalue weighted by molar-refractivity contribution is 5.76. The van der Waals surface area contributed by atoms with Crippen LogP contribution in [-0.2, 0) is 11.3 Å². The molecule has 0 atom stereocenters. The summed E-state index contributed by atoms with van der Waals surface area (Å²) in [5.41, 5.74) is 3.53. The summed E-state index contributed by atoms with van der Waals surface area (Å²) in [6, 6.07) is 17.6. The summed E-state index contributed by atoms with van der Waals surface area (Å²) in [7, 11) is 0. The topological polar surface area (TPSA) is 58.4 Å². The van der Waals surface area contributed by atoms with Crippen molar-refractivity contribution in [1.82, 2.24) is 14.7 Å². The molecule has 1 amide bonds. The third-order valence-corrected chi connectivity index (χ3v) is 5.58. The van der Waals surface area contributed by atoms with Gasteiger partial charge < -0.3 is 9.80 Å². The first-order valence-corrected chi connectivity index (χ1v) is 10.4. The number of hydrogen-bond acceptors (Lipinski definition) is 4. The fourth-order valence-electron chi connectivity index (χ4n) is 3.71. The van der Waals surface area contributed by atoms with Gasteiger partial charge in [0, 0.05) is 49.9 Å². The first-order valence-electron chi connectivity index (χ1n) is 10.4. The van der Waals surface area contributed by atoms with Crippen molar-refractivity contribution in [3.8, 4) is 11.3 Å². The highest BCUT2D eigenvalue weighted by Crippen LogP contribution is 2.18. The van der Waals surface area contributed by atoms with E-state index in [1.807, 2.05) is 36.1 Å². The van der Waals surface area contributed by atoms with Crippen LogP contribution >= 0.6 is 0 Å². The predicted octanol–water partition coefficient (Wildman–Crippen LogP) is 3.10. The highest BCUT2D eigenvalue weighted by atomic mass is 19.1. The van der Waals surface area contributed by atoms with Crippen molar-refractivity contribution in [2.75, 3.05) is 31.1 Å². The predicted molar refractivity (Wildman–Crippen MR) is 118 cm³/mol. The molecule has 0 unspecified atom stereocenters. The lowest BCUT2D eigenvalue weighted by Crippen LogP contribution is -2.49. The molecule has 1 fully saturated rings. The minimum Gasteiger partial charge on any atom is -0.368 e. The van der Waals surface area contributed by atoms with Crippen LogP contribution in [0.25, 0.3) is 11.3 Å². The van der Waals surface area contributed by atoms with Crippen molar-refractivity contribution in [3.05, 3.63) is 82.4 Å². The average molecular weight is 420 g/mol. The van der Waals surface area contributed by atoms with Gasteiger partial charge in [0.05, 0.1) is 12.2 Å². The maximum atomic E-state index is 13.1. The van der Waals surface area contributed by atoms with Crippen LogP contribution in [0.1, 0.15) is 12.0 Å². The third-order valence-electron chi connectivity index (χ3n) is 5.58. The maximum Gasteiger partial charge on any atom is 0.266 e. The normalized spacial score (nSPS) is 14.0. The van der Waals surface area contributed by atoms with E-state index in [2.05, 4.69) is 10.00 Å². The molecule has 31 heavy (non-hydrogen) atoms. The number of aryl methyl sites for hydroxylation is 2. The summed E-state index contributed by atoms with van der Waals surface area (Å²) >= 11 is 0. The summed E-state index contributed by atoms with van der Waals surface area (Å²) in [4.78, 5) is 28.8. The highest BCUT2D eigenvalue weighted by Gasteiger charge is 2.21. The number of benzene rings is 2. The smallest absolute Gasteiger partial charge is 0.266 e. The lowest BCUT2D eigenvalue weighted by atomic mass is 10.1. The molecular weight excluding hydrogens is 395 g/mol. The van der Waals surface area contributed by atoms with E-state index < -0.39 is 0 Å². The van der Waals surface area contributed by atoms with Crippen LogP contribution in [0.5, 0.6) is 0 Å². The van der Waals surface area contributed by atoms with Gasteiger partial charge in [-0.25, -0.2) is 9.07 Å². The van der Waals surface area contributed by atoms with Crippen LogP contribution < -0.4 is 10.5 Å². The van der Waals surface area contributed by atoms with E-state index in [-0.39, 0.29) is 30.2 Å². The van der Waals surface area contributed by atoms with Gasteiger partial charge in [0.2, 0.25) is 5.91 Å². The summed E-state index contributed by atoms with van der Waals surface area (Å²) in [6.45, 7) is 4.85. The van der Waals surface area contributed by atoms with Crippen LogP contribution in [0, 0.1) is 12.7 Å². The second-order valence-electron chi connectivity index (χ2n) is 7.74. The van der Waals surface area contributed by atoms with Gasteiger partial charge in [-0.2, -0.15) is 5.10 Å². The van der Waals surface area contributed by atoms with Crippen molar-refractivity contribution in [2.45, 2.75) is 19.9 Å². The molecule has 0 bridgehead atoms. The number of rotatable bonds is 5. The van der Waals surface area contributed by atoms with Crippen molar-refractivity contribution >= 4 is 11.6 Å². The molecular formula is C24H25FN4O2. The second kappa shape index (κ2) is 9.12. The van der Waals surface area contributed by atoms with E-state index in [9.17, 15) is 14.0 Å². The van der Waals surface area contributed by atoms with E-state index in [4.69, 9.17) is 0 Å². The van der Waals surface area contributed by atoms with Gasteiger partial charge in [-0.3, -0.25) is 9.59 Å². The Kier molecular flexibility index (Phi) is 6.11. The number of anilines is 1. The van der Waals surface area contributed by atoms with Gasteiger partial charge in [0.1, 0.15) is 5.82 Å². The molecule has 0 saturated carbocycles. The molecule has 1 aromatic heterocycles. The molecule has 0 N–H and O–H groups in total. The van der Waals surface area contributed by atoms with Gasteiger partial charge in [-0.05, 0) is 37.3 Å². The Bertz CT molecular complexity index is 1100. The summed E-state index contributed by atoms with van der Waals surface area (Å²) in [5.74, 6) is -0.249. The molecule has 2 heterocycles. The minimum atomic E-state index is -0.257. The Morgan fingerprint density at radius 2 is 1.61 bits per heavy atom. The maximum absolute atomic E-state index is 13.1. The van der Waals surface area contributed by atoms with Crippen LogP contribution in [0.2, 0.25) is 0 Å². The molecule has 7 heteroatoms. The average Bonchev–Trinajstić information content (AvgIpc) is 2.79. The zero-order valence-electron chi connectivity index (χ0n) is 17.5. The zero-order valence-corrected chi connectivity index (χ0v) is 17.5. The largest absolute Gasteiger partial charge is 0.368 e. The van der Waals surface area contributed by atoms with Crippen LogP contribution in [0.15, 0.2) is 65.5 Å². The van der Waals surface area contributed by atoms with Gasteiger partial charge in [0.25, 0.3) is 5.56 Å². The fourth-order valence-corrected chi connectivity index (χ4v) is 3.71. The number of aromatic nitrogens is 2. The van der Waals surface area contributed by atoms with Crippen molar-refractivity contribution in [1.29, 1.82) is 0 Å². The lowest BCUT2D eigenvalue weighted by molar-refractivity contribution is -0.131. The van der Waals surface area contributed by atoms with Crippen molar-refractivity contribution in [2.24, 2.45) is 0 Å². The Labute approximate surface area is 180 Å². The van der Waals surface area contributed by atoms with E-state index >= 15 is 0 Å². The first-order chi connectivity index (χ1) is 15.0. The SMILES string of the molecule is Cc1ccc(-c2ccc(=O)n(CCC(=O)N3CCN(c4ccc(F)cc4)CC3)n2)cc1. The molecule has 6 nitrogen and oxygen atoms in total. The van der Waals surface area contributed by atoms with Crippen molar-refractivity contribution < 1.29 is 9.18 Å². The van der Waals surface area contributed by atoms with Crippen LogP contribution in [0.3, 0.4) is 0 Å². The van der Waals surface area contributed by atoms with Gasteiger partial charge in [0.15, 0.2) is 0 Å². The number of carbonyl (C=O) groups excluding carboxylic acids is 1. The molecule has 1 saturated heterocycles. The number of carbonyl (C=O) groups is 1. The third kappa shape index (κ3) is 4.99. The minimum absolute atomic E-state index is 0.00759. The molecule has 4 rings (SSSR count). The lowest BCUT2D eigenvalue weighted by Gasteiger charge is -2.36. The Hall–Kier alpha value is -3.48. The molecule has 1 aliphatic rings. The van der Waals surface area contributed by atoms with Gasteiger partial charge in [-0.15, -0.1) is 0 Å².